The molecule has 98 valence electrons. The number of rotatable bonds is 3. The van der Waals surface area contributed by atoms with Gasteiger partial charge in [0.15, 0.2) is 0 Å². The molecule has 0 radical (unpaired) electrons. The lowest BCUT2D eigenvalue weighted by molar-refractivity contribution is 0.0135. The molecular weight excluding hydrogens is 206 g/mol. The van der Waals surface area contributed by atoms with Crippen molar-refractivity contribution in [3.8, 4) is 0 Å². The van der Waals surface area contributed by atoms with Gasteiger partial charge in [0, 0.05) is 12.1 Å². The molecule has 1 N–H and O–H groups in total. The van der Waals surface area contributed by atoms with E-state index in [0.717, 1.165) is 23.4 Å². The van der Waals surface area contributed by atoms with Crippen LogP contribution in [0.15, 0.2) is 0 Å². The van der Waals surface area contributed by atoms with E-state index in [4.69, 9.17) is 0 Å². The third-order valence-electron chi connectivity index (χ3n) is 6.09. The standard InChI is InChI=1S/C16H29N/c1-13(14-7-3-4-8-14)17-15-9-12-16(15)10-5-2-6-11-16/h13-15,17H,2-12H2,1H3/t13-,15?/m1/s1. The van der Waals surface area contributed by atoms with Gasteiger partial charge in [-0.1, -0.05) is 32.1 Å². The SMILES string of the molecule is C[C@@H](NC1CCC12CCCCC2)C1CCCC1. The van der Waals surface area contributed by atoms with Gasteiger partial charge in [0.25, 0.3) is 0 Å². The highest BCUT2D eigenvalue weighted by molar-refractivity contribution is 5.02. The first-order chi connectivity index (χ1) is 8.30. The van der Waals surface area contributed by atoms with Gasteiger partial charge in [0.2, 0.25) is 0 Å². The molecule has 17 heavy (non-hydrogen) atoms. The van der Waals surface area contributed by atoms with E-state index in [-0.39, 0.29) is 0 Å². The van der Waals surface area contributed by atoms with Gasteiger partial charge in [-0.05, 0) is 56.8 Å². The molecule has 3 saturated carbocycles. The van der Waals surface area contributed by atoms with Crippen LogP contribution in [0.1, 0.15) is 77.6 Å². The third-order valence-corrected chi connectivity index (χ3v) is 6.09. The average Bonchev–Trinajstić information content (AvgIpc) is 2.89. The molecule has 1 nitrogen and oxygen atoms in total. The first kappa shape index (κ1) is 12.0. The normalized spacial score (nSPS) is 34.8. The monoisotopic (exact) mass is 235 g/mol. The summed E-state index contributed by atoms with van der Waals surface area (Å²) in [5.41, 5.74) is 0.741. The van der Waals surface area contributed by atoms with Gasteiger partial charge in [-0.25, -0.2) is 0 Å². The first-order valence-corrected chi connectivity index (χ1v) is 8.06. The van der Waals surface area contributed by atoms with Crippen LogP contribution >= 0.6 is 0 Å². The molecule has 0 aromatic carbocycles. The molecule has 3 rings (SSSR count). The second-order valence-electron chi connectivity index (χ2n) is 7.01. The zero-order valence-corrected chi connectivity index (χ0v) is 11.5. The zero-order chi connectivity index (χ0) is 11.7. The fraction of sp³-hybridized carbons (Fsp3) is 1.00. The lowest BCUT2D eigenvalue weighted by Gasteiger charge is -2.54. The molecule has 0 bridgehead atoms. The van der Waals surface area contributed by atoms with Crippen LogP contribution in [0.25, 0.3) is 0 Å². The van der Waals surface area contributed by atoms with Gasteiger partial charge in [0.1, 0.15) is 0 Å². The van der Waals surface area contributed by atoms with Crippen LogP contribution in [0.5, 0.6) is 0 Å². The zero-order valence-electron chi connectivity index (χ0n) is 11.5. The highest BCUT2D eigenvalue weighted by Gasteiger charge is 2.47. The molecule has 2 atom stereocenters. The average molecular weight is 235 g/mol. The van der Waals surface area contributed by atoms with E-state index in [1.165, 1.54) is 70.6 Å². The van der Waals surface area contributed by atoms with Crippen molar-refractivity contribution in [3.05, 3.63) is 0 Å². The Bertz CT molecular complexity index is 248. The largest absolute Gasteiger partial charge is 0.311 e. The van der Waals surface area contributed by atoms with E-state index in [1.54, 1.807) is 0 Å². The second kappa shape index (κ2) is 4.91. The van der Waals surface area contributed by atoms with Crippen LogP contribution in [0.3, 0.4) is 0 Å². The Kier molecular flexibility index (Phi) is 3.47. The molecular formula is C16H29N. The number of hydrogen-bond acceptors (Lipinski definition) is 1. The predicted octanol–water partition coefficient (Wildman–Crippen LogP) is 4.27. The van der Waals surface area contributed by atoms with Crippen molar-refractivity contribution < 1.29 is 0 Å². The summed E-state index contributed by atoms with van der Waals surface area (Å²) >= 11 is 0. The Labute approximate surface area is 107 Å². The Morgan fingerprint density at radius 1 is 0.882 bits per heavy atom. The Hall–Kier alpha value is -0.0400. The summed E-state index contributed by atoms with van der Waals surface area (Å²) in [7, 11) is 0. The minimum absolute atomic E-state index is 0.741. The quantitative estimate of drug-likeness (QED) is 0.770. The van der Waals surface area contributed by atoms with Crippen molar-refractivity contribution >= 4 is 0 Å². The molecule has 3 aliphatic carbocycles. The minimum Gasteiger partial charge on any atom is -0.311 e. The molecule has 0 heterocycles. The maximum atomic E-state index is 4.02. The van der Waals surface area contributed by atoms with Crippen LogP contribution in [0.2, 0.25) is 0 Å². The molecule has 0 aliphatic heterocycles. The van der Waals surface area contributed by atoms with Crippen molar-refractivity contribution in [3.63, 3.8) is 0 Å². The summed E-state index contributed by atoms with van der Waals surface area (Å²) in [6.45, 7) is 2.45. The molecule has 1 spiro atoms. The van der Waals surface area contributed by atoms with Crippen LogP contribution < -0.4 is 5.32 Å². The topological polar surface area (TPSA) is 12.0 Å². The van der Waals surface area contributed by atoms with Gasteiger partial charge in [-0.15, -0.1) is 0 Å². The molecule has 0 saturated heterocycles. The summed E-state index contributed by atoms with van der Waals surface area (Å²) in [6.07, 6.45) is 16.4. The molecule has 0 amide bonds. The summed E-state index contributed by atoms with van der Waals surface area (Å²) in [5.74, 6) is 0.983. The van der Waals surface area contributed by atoms with Crippen LogP contribution in [-0.2, 0) is 0 Å². The Balaban J connectivity index is 1.54. The second-order valence-corrected chi connectivity index (χ2v) is 7.01. The van der Waals surface area contributed by atoms with Crippen molar-refractivity contribution in [2.45, 2.75) is 89.6 Å². The maximum absolute atomic E-state index is 4.02. The van der Waals surface area contributed by atoms with Gasteiger partial charge in [0.05, 0.1) is 0 Å². The Morgan fingerprint density at radius 3 is 2.18 bits per heavy atom. The van der Waals surface area contributed by atoms with Crippen LogP contribution in [0, 0.1) is 11.3 Å². The molecule has 0 aromatic rings. The lowest BCUT2D eigenvalue weighted by Crippen LogP contribution is -2.57. The molecule has 0 aromatic heterocycles. The summed E-state index contributed by atoms with van der Waals surface area (Å²) in [4.78, 5) is 0. The summed E-state index contributed by atoms with van der Waals surface area (Å²) in [6, 6.07) is 1.65. The third kappa shape index (κ3) is 2.28. The maximum Gasteiger partial charge on any atom is 0.0126 e. The fourth-order valence-corrected chi connectivity index (χ4v) is 4.72. The molecule has 1 unspecified atom stereocenters. The van der Waals surface area contributed by atoms with Crippen molar-refractivity contribution in [1.29, 1.82) is 0 Å². The molecule has 3 fully saturated rings. The van der Waals surface area contributed by atoms with Crippen molar-refractivity contribution in [2.75, 3.05) is 0 Å². The van der Waals surface area contributed by atoms with E-state index in [9.17, 15) is 0 Å². The van der Waals surface area contributed by atoms with Crippen LogP contribution in [-0.4, -0.2) is 12.1 Å². The van der Waals surface area contributed by atoms with Gasteiger partial charge in [-0.3, -0.25) is 0 Å². The summed E-state index contributed by atoms with van der Waals surface area (Å²) in [5, 5.41) is 4.02. The van der Waals surface area contributed by atoms with E-state index >= 15 is 0 Å². The van der Waals surface area contributed by atoms with Gasteiger partial charge >= 0.3 is 0 Å². The molecule has 3 aliphatic rings. The lowest BCUT2D eigenvalue weighted by atomic mass is 9.57. The fourth-order valence-electron chi connectivity index (χ4n) is 4.72. The van der Waals surface area contributed by atoms with Crippen molar-refractivity contribution in [1.82, 2.24) is 5.32 Å². The van der Waals surface area contributed by atoms with E-state index in [2.05, 4.69) is 12.2 Å². The van der Waals surface area contributed by atoms with E-state index in [0.29, 0.717) is 0 Å². The highest BCUT2D eigenvalue weighted by Crippen LogP contribution is 2.52. The summed E-state index contributed by atoms with van der Waals surface area (Å²) < 4.78 is 0. The first-order valence-electron chi connectivity index (χ1n) is 8.06. The van der Waals surface area contributed by atoms with Crippen LogP contribution in [0.4, 0.5) is 0 Å². The predicted molar refractivity (Wildman–Crippen MR) is 73.1 cm³/mol. The number of hydrogen-bond donors (Lipinski definition) is 1. The van der Waals surface area contributed by atoms with Gasteiger partial charge < -0.3 is 5.32 Å². The Morgan fingerprint density at radius 2 is 1.59 bits per heavy atom. The van der Waals surface area contributed by atoms with Crippen molar-refractivity contribution in [2.24, 2.45) is 11.3 Å². The minimum atomic E-state index is 0.741. The highest BCUT2D eigenvalue weighted by atomic mass is 15.0. The van der Waals surface area contributed by atoms with Gasteiger partial charge in [-0.2, -0.15) is 0 Å². The van der Waals surface area contributed by atoms with E-state index < -0.39 is 0 Å². The molecule has 1 heteroatoms. The number of nitrogens with one attached hydrogen (secondary N) is 1. The smallest absolute Gasteiger partial charge is 0.0126 e. The van der Waals surface area contributed by atoms with E-state index in [1.807, 2.05) is 0 Å².